The van der Waals surface area contributed by atoms with Crippen molar-refractivity contribution in [3.63, 3.8) is 0 Å². The zero-order valence-electron chi connectivity index (χ0n) is 26.8. The molecule has 5 heteroatoms. The van der Waals surface area contributed by atoms with Crippen LogP contribution in [0.4, 0.5) is 0 Å². The van der Waals surface area contributed by atoms with Crippen LogP contribution < -0.4 is 0 Å². The van der Waals surface area contributed by atoms with Crippen molar-refractivity contribution in [2.75, 3.05) is 6.61 Å². The van der Waals surface area contributed by atoms with E-state index in [9.17, 15) is 5.11 Å². The van der Waals surface area contributed by atoms with Crippen LogP contribution in [-0.4, -0.2) is 32.3 Å². The third kappa shape index (κ3) is 3.61. The molecule has 2 N–H and O–H groups in total. The van der Waals surface area contributed by atoms with Crippen LogP contribution >= 0.6 is 0 Å². The maximum absolute atomic E-state index is 10.8. The van der Waals surface area contributed by atoms with Crippen LogP contribution in [0.5, 0.6) is 0 Å². The van der Waals surface area contributed by atoms with Crippen molar-refractivity contribution in [1.29, 1.82) is 0 Å². The van der Waals surface area contributed by atoms with Crippen LogP contribution in [0.25, 0.3) is 17.0 Å². The number of nitrogens with one attached hydrogen (secondary N) is 1. The highest BCUT2D eigenvalue weighted by molar-refractivity contribution is 5.73. The van der Waals surface area contributed by atoms with Crippen molar-refractivity contribution >= 4 is 5.57 Å². The number of tetrazole rings is 1. The van der Waals surface area contributed by atoms with Crippen molar-refractivity contribution < 1.29 is 5.11 Å². The molecule has 4 fully saturated rings. The standard InChI is InChI=1S/C37H52N4O/c1-23(2)26-14-19-37(22-42)21-20-35(6)28(31(26)37)12-13-30-34(5)17-15-27(33(3,4)29(34)16-18-36(30,35)7)24-8-10-25(11-9-24)32-38-40-41-39-32/h8-11,15,26,28-31,42H,1,12-14,16-22H2,2-7H3,(H,38,39,40,41)/t26-,28+,29-,30+,31?,34-,35+,36+,37+/m0/s1. The average Bonchev–Trinajstić information content (AvgIpc) is 3.63. The minimum atomic E-state index is 0.106. The highest BCUT2D eigenvalue weighted by atomic mass is 16.3. The fourth-order valence-electron chi connectivity index (χ4n) is 12.7. The molecule has 7 rings (SSSR count). The Balaban J connectivity index is 1.22. The van der Waals surface area contributed by atoms with E-state index in [1.807, 2.05) is 0 Å². The second-order valence-corrected chi connectivity index (χ2v) is 16.6. The predicted octanol–water partition coefficient (Wildman–Crippen LogP) is 8.51. The van der Waals surface area contributed by atoms with Crippen LogP contribution in [-0.2, 0) is 0 Å². The lowest BCUT2D eigenvalue weighted by Crippen LogP contribution is -2.65. The minimum Gasteiger partial charge on any atom is -0.396 e. The number of hydrogen-bond acceptors (Lipinski definition) is 4. The van der Waals surface area contributed by atoms with Crippen LogP contribution in [0.3, 0.4) is 0 Å². The van der Waals surface area contributed by atoms with Gasteiger partial charge in [-0.25, -0.2) is 0 Å². The van der Waals surface area contributed by atoms with E-state index in [0.717, 1.165) is 11.5 Å². The molecule has 226 valence electrons. The molecule has 1 aromatic carbocycles. The van der Waals surface area contributed by atoms with Gasteiger partial charge in [0.1, 0.15) is 0 Å². The first-order valence-corrected chi connectivity index (χ1v) is 16.7. The Labute approximate surface area is 253 Å². The number of aromatic nitrogens is 4. The monoisotopic (exact) mass is 568 g/mol. The first-order chi connectivity index (χ1) is 19.9. The first-order valence-electron chi connectivity index (χ1n) is 16.7. The number of aliphatic hydroxyl groups excluding tert-OH is 1. The maximum atomic E-state index is 10.8. The molecule has 1 heterocycles. The molecule has 1 aromatic heterocycles. The van der Waals surface area contributed by atoms with Gasteiger partial charge in [-0.1, -0.05) is 77.1 Å². The van der Waals surface area contributed by atoms with Gasteiger partial charge in [0.25, 0.3) is 0 Å². The Kier molecular flexibility index (Phi) is 6.35. The summed E-state index contributed by atoms with van der Waals surface area (Å²) < 4.78 is 0. The third-order valence-corrected chi connectivity index (χ3v) is 14.9. The lowest BCUT2D eigenvalue weighted by Gasteiger charge is -2.72. The molecule has 0 bridgehead atoms. The Hall–Kier alpha value is -2.27. The summed E-state index contributed by atoms with van der Waals surface area (Å²) in [5.74, 6) is 3.92. The van der Waals surface area contributed by atoms with E-state index in [-0.39, 0.29) is 10.8 Å². The molecular formula is C37H52N4O. The molecule has 0 radical (unpaired) electrons. The van der Waals surface area contributed by atoms with Crippen molar-refractivity contribution in [3.8, 4) is 11.4 Å². The molecule has 2 aromatic rings. The lowest BCUT2D eigenvalue weighted by atomic mass is 9.32. The second kappa shape index (κ2) is 9.36. The molecule has 0 aliphatic heterocycles. The molecule has 1 unspecified atom stereocenters. The minimum absolute atomic E-state index is 0.106. The SMILES string of the molecule is C=C(C)[C@@H]1CC[C@]2(CO)CC[C@]3(C)[C@H](CC[C@@H]4[C@@]5(C)CC=C(c6ccc(-c7nn[nH]n7)cc6)C(C)(C)[C@@H]5CC[C@]43C)C12. The number of hydrogen-bond donors (Lipinski definition) is 2. The predicted molar refractivity (Wildman–Crippen MR) is 169 cm³/mol. The molecule has 0 amide bonds. The number of aliphatic hydroxyl groups is 1. The summed E-state index contributed by atoms with van der Waals surface area (Å²) in [7, 11) is 0. The van der Waals surface area contributed by atoms with Gasteiger partial charge in [-0.05, 0) is 138 Å². The molecule has 0 spiro atoms. The van der Waals surface area contributed by atoms with E-state index >= 15 is 0 Å². The van der Waals surface area contributed by atoms with E-state index in [1.54, 1.807) is 0 Å². The van der Waals surface area contributed by atoms with E-state index in [4.69, 9.17) is 0 Å². The maximum Gasteiger partial charge on any atom is 0.204 e. The van der Waals surface area contributed by atoms with Crippen molar-refractivity contribution in [2.45, 2.75) is 99.3 Å². The van der Waals surface area contributed by atoms with Gasteiger partial charge in [-0.15, -0.1) is 10.2 Å². The molecule has 5 nitrogen and oxygen atoms in total. The van der Waals surface area contributed by atoms with Gasteiger partial charge in [0.15, 0.2) is 0 Å². The summed E-state index contributed by atoms with van der Waals surface area (Å²) >= 11 is 0. The number of rotatable bonds is 4. The Bertz CT molecular complexity index is 1390. The highest BCUT2D eigenvalue weighted by Crippen LogP contribution is 2.77. The summed E-state index contributed by atoms with van der Waals surface area (Å²) in [4.78, 5) is 0. The largest absolute Gasteiger partial charge is 0.396 e. The smallest absolute Gasteiger partial charge is 0.204 e. The van der Waals surface area contributed by atoms with E-state index in [0.29, 0.717) is 52.3 Å². The first kappa shape index (κ1) is 28.5. The Morgan fingerprint density at radius 1 is 0.905 bits per heavy atom. The quantitative estimate of drug-likeness (QED) is 0.363. The van der Waals surface area contributed by atoms with E-state index < -0.39 is 0 Å². The van der Waals surface area contributed by atoms with Crippen LogP contribution in [0.15, 0.2) is 42.5 Å². The van der Waals surface area contributed by atoms with Gasteiger partial charge >= 0.3 is 0 Å². The normalized spacial score (nSPS) is 43.9. The summed E-state index contributed by atoms with van der Waals surface area (Å²) in [6, 6.07) is 8.80. The second-order valence-electron chi connectivity index (χ2n) is 16.6. The molecule has 5 aliphatic carbocycles. The number of aromatic amines is 1. The van der Waals surface area contributed by atoms with Gasteiger partial charge in [0, 0.05) is 12.2 Å². The van der Waals surface area contributed by atoms with Crippen LogP contribution in [0.2, 0.25) is 0 Å². The Morgan fingerprint density at radius 2 is 1.64 bits per heavy atom. The van der Waals surface area contributed by atoms with Gasteiger partial charge in [-0.2, -0.15) is 5.21 Å². The van der Waals surface area contributed by atoms with Crippen molar-refractivity contribution in [3.05, 3.63) is 48.1 Å². The number of nitrogens with zero attached hydrogens (tertiary/aromatic N) is 3. The van der Waals surface area contributed by atoms with Crippen LogP contribution in [0.1, 0.15) is 105 Å². The molecule has 42 heavy (non-hydrogen) atoms. The summed E-state index contributed by atoms with van der Waals surface area (Å²) in [6.07, 6.45) is 14.0. The van der Waals surface area contributed by atoms with Gasteiger partial charge in [-0.3, -0.25) is 0 Å². The summed E-state index contributed by atoms with van der Waals surface area (Å²) in [5, 5.41) is 25.4. The molecule has 4 saturated carbocycles. The molecule has 5 aliphatic rings. The number of allylic oxidation sites excluding steroid dienone is 3. The molecule has 9 atom stereocenters. The summed E-state index contributed by atoms with van der Waals surface area (Å²) in [6.45, 7) is 20.2. The number of benzene rings is 1. The third-order valence-electron chi connectivity index (χ3n) is 14.9. The van der Waals surface area contributed by atoms with Crippen molar-refractivity contribution in [2.24, 2.45) is 56.7 Å². The van der Waals surface area contributed by atoms with Gasteiger partial charge < -0.3 is 5.11 Å². The zero-order valence-corrected chi connectivity index (χ0v) is 26.8. The highest BCUT2D eigenvalue weighted by Gasteiger charge is 2.70. The molecular weight excluding hydrogens is 516 g/mol. The van der Waals surface area contributed by atoms with Crippen LogP contribution in [0, 0.1) is 56.7 Å². The average molecular weight is 569 g/mol. The van der Waals surface area contributed by atoms with Crippen molar-refractivity contribution in [1.82, 2.24) is 20.6 Å². The number of fused-ring (bicyclic) bond motifs is 7. The zero-order chi connectivity index (χ0) is 29.7. The van der Waals surface area contributed by atoms with Gasteiger partial charge in [0.05, 0.1) is 0 Å². The van der Waals surface area contributed by atoms with E-state index in [1.165, 1.54) is 74.5 Å². The molecule has 0 saturated heterocycles. The van der Waals surface area contributed by atoms with E-state index in [2.05, 4.69) is 99.1 Å². The van der Waals surface area contributed by atoms with Gasteiger partial charge in [0.2, 0.25) is 5.82 Å². The fourth-order valence-corrected chi connectivity index (χ4v) is 12.7. The number of H-pyrrole nitrogens is 1. The fraction of sp³-hybridized carbons (Fsp3) is 0.703. The lowest BCUT2D eigenvalue weighted by molar-refractivity contribution is -0.228. The summed E-state index contributed by atoms with van der Waals surface area (Å²) in [5.41, 5.74) is 6.39. The topological polar surface area (TPSA) is 74.7 Å². The Morgan fingerprint density at radius 3 is 2.31 bits per heavy atom.